The minimum atomic E-state index is -2.81. The van der Waals surface area contributed by atoms with Crippen LogP contribution in [-0.4, -0.2) is 43.0 Å². The first-order chi connectivity index (χ1) is 15.1. The third kappa shape index (κ3) is 4.52. The quantitative estimate of drug-likeness (QED) is 0.654. The zero-order chi connectivity index (χ0) is 23.5. The van der Waals surface area contributed by atoms with Crippen molar-refractivity contribution < 1.29 is 19.1 Å². The molecule has 6 heteroatoms. The summed E-state index contributed by atoms with van der Waals surface area (Å²) in [5.41, 5.74) is 0. The molecule has 0 aromatic heterocycles. The van der Waals surface area contributed by atoms with Crippen molar-refractivity contribution in [3.63, 3.8) is 0 Å². The molecule has 32 heavy (non-hydrogen) atoms. The third-order valence-electron chi connectivity index (χ3n) is 6.74. The number of likely N-dealkylation sites (tertiary alicyclic amines) is 1. The minimum absolute atomic E-state index is 0.0713. The SMILES string of the molecule is CC(C)C1CCC(=O)N(C(=O)O)C1CO[Si](c1ccccc1)(c1ccccc1)C(C)(C)C. The molecule has 5 nitrogen and oxygen atoms in total. The van der Waals surface area contributed by atoms with Crippen molar-refractivity contribution in [2.24, 2.45) is 11.8 Å². The van der Waals surface area contributed by atoms with Crippen LogP contribution in [0.25, 0.3) is 0 Å². The molecule has 0 radical (unpaired) electrons. The molecule has 1 aliphatic rings. The van der Waals surface area contributed by atoms with Gasteiger partial charge in [-0.15, -0.1) is 0 Å². The Balaban J connectivity index is 2.10. The lowest BCUT2D eigenvalue weighted by atomic mass is 9.81. The average Bonchev–Trinajstić information content (AvgIpc) is 2.74. The number of imide groups is 1. The monoisotopic (exact) mass is 453 g/mol. The summed E-state index contributed by atoms with van der Waals surface area (Å²) in [4.78, 5) is 25.7. The van der Waals surface area contributed by atoms with E-state index in [1.807, 2.05) is 36.4 Å². The Bertz CT molecular complexity index is 884. The van der Waals surface area contributed by atoms with E-state index in [9.17, 15) is 14.7 Å². The van der Waals surface area contributed by atoms with Crippen LogP contribution >= 0.6 is 0 Å². The van der Waals surface area contributed by atoms with E-state index in [0.29, 0.717) is 6.42 Å². The fraction of sp³-hybridized carbons (Fsp3) is 0.462. The summed E-state index contributed by atoms with van der Waals surface area (Å²) in [6.45, 7) is 11.0. The molecule has 2 aromatic carbocycles. The number of hydrogen-bond donors (Lipinski definition) is 1. The first-order valence-electron chi connectivity index (χ1n) is 11.4. The fourth-order valence-electron chi connectivity index (χ4n) is 5.18. The molecular formula is C26H35NO4Si. The van der Waals surface area contributed by atoms with Crippen LogP contribution in [0, 0.1) is 11.8 Å². The summed E-state index contributed by atoms with van der Waals surface area (Å²) < 4.78 is 7.00. The molecule has 1 heterocycles. The molecule has 0 saturated carbocycles. The third-order valence-corrected chi connectivity index (χ3v) is 11.7. The highest BCUT2D eigenvalue weighted by Crippen LogP contribution is 2.38. The van der Waals surface area contributed by atoms with Crippen molar-refractivity contribution in [1.29, 1.82) is 0 Å². The van der Waals surface area contributed by atoms with E-state index < -0.39 is 20.5 Å². The highest BCUT2D eigenvalue weighted by atomic mass is 28.4. The van der Waals surface area contributed by atoms with Crippen molar-refractivity contribution in [2.75, 3.05) is 6.61 Å². The van der Waals surface area contributed by atoms with Gasteiger partial charge in [0.2, 0.25) is 5.91 Å². The van der Waals surface area contributed by atoms with Crippen LogP contribution in [0.4, 0.5) is 4.79 Å². The molecule has 0 bridgehead atoms. The normalized spacial score (nSPS) is 19.9. The lowest BCUT2D eigenvalue weighted by molar-refractivity contribution is -0.137. The van der Waals surface area contributed by atoms with E-state index in [0.717, 1.165) is 15.3 Å². The molecule has 2 aromatic rings. The number of carbonyl (C=O) groups excluding carboxylic acids is 1. The fourth-order valence-corrected chi connectivity index (χ4v) is 9.75. The van der Waals surface area contributed by atoms with Gasteiger partial charge in [-0.1, -0.05) is 95.3 Å². The van der Waals surface area contributed by atoms with E-state index in [1.54, 1.807) is 0 Å². The summed E-state index contributed by atoms with van der Waals surface area (Å²) in [7, 11) is -2.81. The van der Waals surface area contributed by atoms with Crippen molar-refractivity contribution in [3.8, 4) is 0 Å². The lowest BCUT2D eigenvalue weighted by Gasteiger charge is -2.46. The Hall–Kier alpha value is -2.44. The number of amides is 2. The van der Waals surface area contributed by atoms with Gasteiger partial charge in [0.05, 0.1) is 12.6 Å². The maximum Gasteiger partial charge on any atom is 0.414 e. The zero-order valence-corrected chi connectivity index (χ0v) is 20.7. The summed E-state index contributed by atoms with van der Waals surface area (Å²) >= 11 is 0. The molecule has 172 valence electrons. The van der Waals surface area contributed by atoms with E-state index in [4.69, 9.17) is 4.43 Å². The van der Waals surface area contributed by atoms with E-state index in [2.05, 4.69) is 58.9 Å². The largest absolute Gasteiger partial charge is 0.465 e. The molecule has 1 fully saturated rings. The summed E-state index contributed by atoms with van der Waals surface area (Å²) in [6, 6.07) is 20.1. The van der Waals surface area contributed by atoms with E-state index in [-0.39, 0.29) is 35.8 Å². The van der Waals surface area contributed by atoms with Gasteiger partial charge in [0.1, 0.15) is 0 Å². The number of benzene rings is 2. The topological polar surface area (TPSA) is 66.8 Å². The highest BCUT2D eigenvalue weighted by Gasteiger charge is 2.51. The molecular weight excluding hydrogens is 418 g/mol. The smallest absolute Gasteiger partial charge is 0.414 e. The summed E-state index contributed by atoms with van der Waals surface area (Å²) in [5, 5.41) is 11.9. The maximum atomic E-state index is 12.6. The van der Waals surface area contributed by atoms with Crippen LogP contribution in [0.1, 0.15) is 47.5 Å². The molecule has 0 spiro atoms. The molecule has 1 aliphatic heterocycles. The predicted octanol–water partition coefficient (Wildman–Crippen LogP) is 4.50. The number of nitrogens with zero attached hydrogens (tertiary/aromatic N) is 1. The number of carboxylic acid groups (broad SMARTS) is 1. The Morgan fingerprint density at radius 3 is 1.97 bits per heavy atom. The molecule has 0 aliphatic carbocycles. The van der Waals surface area contributed by atoms with Crippen molar-refractivity contribution in [1.82, 2.24) is 4.90 Å². The van der Waals surface area contributed by atoms with Gasteiger partial charge < -0.3 is 9.53 Å². The first kappa shape index (κ1) is 24.2. The van der Waals surface area contributed by atoms with E-state index >= 15 is 0 Å². The van der Waals surface area contributed by atoms with Crippen LogP contribution in [0.15, 0.2) is 60.7 Å². The second-order valence-corrected chi connectivity index (χ2v) is 14.3. The van der Waals surface area contributed by atoms with Gasteiger partial charge in [-0.3, -0.25) is 4.79 Å². The van der Waals surface area contributed by atoms with Gasteiger partial charge in [0, 0.05) is 6.42 Å². The number of hydrogen-bond acceptors (Lipinski definition) is 3. The molecule has 2 atom stereocenters. The Labute approximate surface area is 192 Å². The van der Waals surface area contributed by atoms with Crippen molar-refractivity contribution in [2.45, 2.75) is 58.5 Å². The lowest BCUT2D eigenvalue weighted by Crippen LogP contribution is -2.68. The molecule has 1 N–H and O–H groups in total. The average molecular weight is 454 g/mol. The highest BCUT2D eigenvalue weighted by molar-refractivity contribution is 6.99. The Morgan fingerprint density at radius 2 is 1.56 bits per heavy atom. The first-order valence-corrected chi connectivity index (χ1v) is 13.3. The van der Waals surface area contributed by atoms with Gasteiger partial charge in [0.25, 0.3) is 8.32 Å². The molecule has 1 saturated heterocycles. The molecule has 3 rings (SSSR count). The van der Waals surface area contributed by atoms with Crippen molar-refractivity contribution in [3.05, 3.63) is 60.7 Å². The second-order valence-electron chi connectivity index (χ2n) is 10.0. The van der Waals surface area contributed by atoms with Gasteiger partial charge in [-0.2, -0.15) is 0 Å². The van der Waals surface area contributed by atoms with Gasteiger partial charge in [-0.05, 0) is 33.7 Å². The van der Waals surface area contributed by atoms with Crippen LogP contribution in [0.2, 0.25) is 5.04 Å². The minimum Gasteiger partial charge on any atom is -0.465 e. The zero-order valence-electron chi connectivity index (χ0n) is 19.7. The van der Waals surface area contributed by atoms with Crippen LogP contribution in [0.3, 0.4) is 0 Å². The summed E-state index contributed by atoms with van der Waals surface area (Å²) in [6.07, 6.45) is -0.226. The van der Waals surface area contributed by atoms with Gasteiger partial charge in [-0.25, -0.2) is 9.69 Å². The number of piperidine rings is 1. The van der Waals surface area contributed by atoms with Crippen LogP contribution in [0.5, 0.6) is 0 Å². The Kier molecular flexibility index (Phi) is 7.25. The summed E-state index contributed by atoms with van der Waals surface area (Å²) in [5.74, 6) is -0.00910. The van der Waals surface area contributed by atoms with Crippen LogP contribution in [-0.2, 0) is 9.22 Å². The number of rotatable bonds is 6. The molecule has 2 amide bonds. The number of carbonyl (C=O) groups is 2. The maximum absolute atomic E-state index is 12.6. The van der Waals surface area contributed by atoms with Gasteiger partial charge >= 0.3 is 6.09 Å². The predicted molar refractivity (Wildman–Crippen MR) is 130 cm³/mol. The van der Waals surface area contributed by atoms with Gasteiger partial charge in [0.15, 0.2) is 0 Å². The van der Waals surface area contributed by atoms with E-state index in [1.165, 1.54) is 0 Å². The van der Waals surface area contributed by atoms with Crippen LogP contribution < -0.4 is 10.4 Å². The van der Waals surface area contributed by atoms with Crippen molar-refractivity contribution >= 4 is 30.7 Å². The second kappa shape index (κ2) is 9.59. The standard InChI is InChI=1S/C26H35NO4Si/c1-19(2)22-16-17-24(28)27(25(29)30)23(22)18-31-32(26(3,4)5,20-12-8-6-9-13-20)21-14-10-7-11-15-21/h6-15,19,22-23H,16-18H2,1-5H3,(H,29,30). The molecule has 2 unspecified atom stereocenters. The Morgan fingerprint density at radius 1 is 1.06 bits per heavy atom.